The van der Waals surface area contributed by atoms with Gasteiger partial charge in [-0.1, -0.05) is 26.0 Å². The fourth-order valence-electron chi connectivity index (χ4n) is 2.25. The van der Waals surface area contributed by atoms with Gasteiger partial charge in [-0.15, -0.1) is 23.1 Å². The minimum absolute atomic E-state index is 0.389. The number of thioether (sulfide) groups is 1. The molecule has 1 N–H and O–H groups in total. The Kier molecular flexibility index (Phi) is 7.30. The number of halogens is 1. The van der Waals surface area contributed by atoms with Gasteiger partial charge in [0, 0.05) is 26.7 Å². The van der Waals surface area contributed by atoms with E-state index in [1.807, 2.05) is 23.1 Å². The lowest BCUT2D eigenvalue weighted by Crippen LogP contribution is -2.23. The largest absolute Gasteiger partial charge is 0.310 e. The minimum Gasteiger partial charge on any atom is -0.310 e. The van der Waals surface area contributed by atoms with Crippen LogP contribution in [0.3, 0.4) is 0 Å². The average molecular weight is 384 g/mol. The SMILES string of the molecule is CCCNC(Cc1sccc1Br)c1ccc(SCC)cc1. The quantitative estimate of drug-likeness (QED) is 0.568. The van der Waals surface area contributed by atoms with Crippen molar-refractivity contribution < 1.29 is 0 Å². The zero-order valence-corrected chi connectivity index (χ0v) is 15.8. The highest BCUT2D eigenvalue weighted by Gasteiger charge is 2.14. The molecule has 0 radical (unpaired) electrons. The van der Waals surface area contributed by atoms with Crippen molar-refractivity contribution >= 4 is 39.0 Å². The second kappa shape index (κ2) is 8.99. The molecule has 0 fully saturated rings. The summed E-state index contributed by atoms with van der Waals surface area (Å²) in [5.41, 5.74) is 1.38. The van der Waals surface area contributed by atoms with Crippen LogP contribution in [-0.4, -0.2) is 12.3 Å². The van der Waals surface area contributed by atoms with Crippen LogP contribution < -0.4 is 5.32 Å². The molecule has 4 heteroatoms. The van der Waals surface area contributed by atoms with Crippen LogP contribution >= 0.6 is 39.0 Å². The Morgan fingerprint density at radius 1 is 1.19 bits per heavy atom. The molecule has 0 saturated heterocycles. The van der Waals surface area contributed by atoms with E-state index in [1.165, 1.54) is 19.8 Å². The molecule has 0 aliphatic rings. The molecule has 1 nitrogen and oxygen atoms in total. The molecular formula is C17H22BrNS2. The van der Waals surface area contributed by atoms with Crippen molar-refractivity contribution in [3.63, 3.8) is 0 Å². The van der Waals surface area contributed by atoms with Gasteiger partial charge in [0.15, 0.2) is 0 Å². The van der Waals surface area contributed by atoms with Crippen molar-refractivity contribution in [1.82, 2.24) is 5.32 Å². The lowest BCUT2D eigenvalue weighted by molar-refractivity contribution is 0.531. The number of benzene rings is 1. The predicted molar refractivity (Wildman–Crippen MR) is 99.6 cm³/mol. The van der Waals surface area contributed by atoms with Crippen molar-refractivity contribution in [2.45, 2.75) is 37.6 Å². The molecule has 1 unspecified atom stereocenters. The molecule has 2 rings (SSSR count). The molecule has 1 aromatic carbocycles. The predicted octanol–water partition coefficient (Wildman–Crippen LogP) is 5.91. The standard InChI is InChI=1S/C17H22BrNS2/c1-3-10-19-16(12-17-15(18)9-11-21-17)13-5-7-14(8-6-13)20-4-2/h5-9,11,16,19H,3-4,10,12H2,1-2H3. The maximum absolute atomic E-state index is 3.68. The van der Waals surface area contributed by atoms with Gasteiger partial charge in [-0.2, -0.15) is 0 Å². The smallest absolute Gasteiger partial charge is 0.0369 e. The molecule has 1 aromatic heterocycles. The van der Waals surface area contributed by atoms with Gasteiger partial charge in [-0.05, 0) is 63.8 Å². The van der Waals surface area contributed by atoms with Crippen LogP contribution in [0.1, 0.15) is 36.8 Å². The van der Waals surface area contributed by atoms with Gasteiger partial charge in [0.1, 0.15) is 0 Å². The summed E-state index contributed by atoms with van der Waals surface area (Å²) in [4.78, 5) is 2.77. The Bertz CT molecular complexity index is 536. The first-order valence-corrected chi connectivity index (χ1v) is 10.1. The van der Waals surface area contributed by atoms with E-state index in [9.17, 15) is 0 Å². The highest BCUT2D eigenvalue weighted by molar-refractivity contribution is 9.10. The van der Waals surface area contributed by atoms with E-state index in [1.54, 1.807) is 0 Å². The highest BCUT2D eigenvalue weighted by Crippen LogP contribution is 2.29. The van der Waals surface area contributed by atoms with Crippen LogP contribution in [0.25, 0.3) is 0 Å². The van der Waals surface area contributed by atoms with Crippen LogP contribution in [0.4, 0.5) is 0 Å². The van der Waals surface area contributed by atoms with Crippen LogP contribution in [-0.2, 0) is 6.42 Å². The first kappa shape index (κ1) is 17.1. The van der Waals surface area contributed by atoms with Gasteiger partial charge in [0.25, 0.3) is 0 Å². The van der Waals surface area contributed by atoms with E-state index in [0.717, 1.165) is 25.1 Å². The zero-order chi connectivity index (χ0) is 15.1. The second-order valence-corrected chi connectivity index (χ2v) is 8.10. The minimum atomic E-state index is 0.389. The molecule has 0 spiro atoms. The summed E-state index contributed by atoms with van der Waals surface area (Å²) in [5, 5.41) is 5.83. The summed E-state index contributed by atoms with van der Waals surface area (Å²) in [6.45, 7) is 5.46. The first-order chi connectivity index (χ1) is 10.2. The van der Waals surface area contributed by atoms with Crippen molar-refractivity contribution in [1.29, 1.82) is 0 Å². The molecule has 21 heavy (non-hydrogen) atoms. The number of rotatable bonds is 8. The lowest BCUT2D eigenvalue weighted by Gasteiger charge is -2.19. The molecule has 1 atom stereocenters. The van der Waals surface area contributed by atoms with Gasteiger partial charge in [-0.25, -0.2) is 0 Å². The van der Waals surface area contributed by atoms with Gasteiger partial charge in [0.05, 0.1) is 0 Å². The first-order valence-electron chi connectivity index (χ1n) is 7.42. The summed E-state index contributed by atoms with van der Waals surface area (Å²) < 4.78 is 1.23. The Morgan fingerprint density at radius 3 is 2.52 bits per heavy atom. The Labute approximate surface area is 144 Å². The van der Waals surface area contributed by atoms with Crippen molar-refractivity contribution in [3.8, 4) is 0 Å². The van der Waals surface area contributed by atoms with Crippen LogP contribution in [0, 0.1) is 0 Å². The number of thiophene rings is 1. The third-order valence-electron chi connectivity index (χ3n) is 3.31. The van der Waals surface area contributed by atoms with E-state index < -0.39 is 0 Å². The fourth-order valence-corrected chi connectivity index (χ4v) is 4.47. The maximum atomic E-state index is 3.68. The molecular weight excluding hydrogens is 362 g/mol. The molecule has 2 aromatic rings. The summed E-state index contributed by atoms with van der Waals surface area (Å²) >= 11 is 7.37. The third-order valence-corrected chi connectivity index (χ3v) is 6.16. The highest BCUT2D eigenvalue weighted by atomic mass is 79.9. The number of nitrogens with one attached hydrogen (secondary N) is 1. The zero-order valence-electron chi connectivity index (χ0n) is 12.6. The molecule has 0 amide bonds. The van der Waals surface area contributed by atoms with Gasteiger partial charge in [-0.3, -0.25) is 0 Å². The van der Waals surface area contributed by atoms with E-state index in [2.05, 4.69) is 70.8 Å². The van der Waals surface area contributed by atoms with Crippen molar-refractivity contribution in [3.05, 3.63) is 50.6 Å². The second-order valence-electron chi connectivity index (χ2n) is 4.90. The Morgan fingerprint density at radius 2 is 1.95 bits per heavy atom. The Hall–Kier alpha value is -0.290. The van der Waals surface area contributed by atoms with Crippen LogP contribution in [0.5, 0.6) is 0 Å². The molecule has 1 heterocycles. The number of hydrogen-bond donors (Lipinski definition) is 1. The van der Waals surface area contributed by atoms with Gasteiger partial charge >= 0.3 is 0 Å². The van der Waals surface area contributed by atoms with Crippen molar-refractivity contribution in [2.24, 2.45) is 0 Å². The van der Waals surface area contributed by atoms with E-state index in [0.29, 0.717) is 6.04 Å². The van der Waals surface area contributed by atoms with E-state index >= 15 is 0 Å². The Balaban J connectivity index is 2.12. The summed E-state index contributed by atoms with van der Waals surface area (Å²) in [6, 6.07) is 11.6. The van der Waals surface area contributed by atoms with Crippen molar-refractivity contribution in [2.75, 3.05) is 12.3 Å². The fraction of sp³-hybridized carbons (Fsp3) is 0.412. The van der Waals surface area contributed by atoms with E-state index in [-0.39, 0.29) is 0 Å². The molecule has 0 aliphatic heterocycles. The molecule has 0 saturated carbocycles. The summed E-state index contributed by atoms with van der Waals surface area (Å²) in [7, 11) is 0. The lowest BCUT2D eigenvalue weighted by atomic mass is 10.0. The molecule has 114 valence electrons. The third kappa shape index (κ3) is 5.13. The summed E-state index contributed by atoms with van der Waals surface area (Å²) in [6.07, 6.45) is 2.20. The van der Waals surface area contributed by atoms with Crippen LogP contribution in [0.2, 0.25) is 0 Å². The molecule has 0 aliphatic carbocycles. The summed E-state index contributed by atoms with van der Waals surface area (Å²) in [5.74, 6) is 1.12. The topological polar surface area (TPSA) is 12.0 Å². The number of hydrogen-bond acceptors (Lipinski definition) is 3. The normalized spacial score (nSPS) is 12.5. The average Bonchev–Trinajstić information content (AvgIpc) is 2.90. The van der Waals surface area contributed by atoms with Crippen LogP contribution in [0.15, 0.2) is 45.1 Å². The van der Waals surface area contributed by atoms with E-state index in [4.69, 9.17) is 0 Å². The molecule has 0 bridgehead atoms. The van der Waals surface area contributed by atoms with Gasteiger partial charge in [0.2, 0.25) is 0 Å². The maximum Gasteiger partial charge on any atom is 0.0369 e. The van der Waals surface area contributed by atoms with Gasteiger partial charge < -0.3 is 5.32 Å². The monoisotopic (exact) mass is 383 g/mol.